The molecule has 0 aliphatic heterocycles. The van der Waals surface area contributed by atoms with Crippen LogP contribution in [0.3, 0.4) is 0 Å². The van der Waals surface area contributed by atoms with E-state index >= 15 is 0 Å². The number of hydrogen-bond acceptors (Lipinski definition) is 3. The minimum absolute atomic E-state index is 0.0609. The fraction of sp³-hybridized carbons (Fsp3) is 0.250. The van der Waals surface area contributed by atoms with Crippen LogP contribution in [0, 0.1) is 11.6 Å². The van der Waals surface area contributed by atoms with Gasteiger partial charge in [-0.25, -0.2) is 8.78 Å². The van der Waals surface area contributed by atoms with Gasteiger partial charge in [0.05, 0.1) is 19.8 Å². The van der Waals surface area contributed by atoms with E-state index < -0.39 is 40.6 Å². The fourth-order valence-electron chi connectivity index (χ4n) is 3.03. The molecule has 3 aromatic carbocycles. The monoisotopic (exact) mass is 486 g/mol. The highest BCUT2D eigenvalue weighted by molar-refractivity contribution is 6.24. The van der Waals surface area contributed by atoms with Crippen molar-refractivity contribution in [2.75, 3.05) is 13.2 Å². The summed E-state index contributed by atoms with van der Waals surface area (Å²) in [5.41, 5.74) is -0.301. The molecule has 3 aromatic rings. The van der Waals surface area contributed by atoms with Crippen LogP contribution in [0.5, 0.6) is 17.2 Å². The van der Waals surface area contributed by atoms with Gasteiger partial charge in [-0.1, -0.05) is 30.3 Å². The molecule has 0 radical (unpaired) electrons. The lowest BCUT2D eigenvalue weighted by atomic mass is 9.97. The maximum atomic E-state index is 14.2. The van der Waals surface area contributed by atoms with E-state index in [1.807, 2.05) is 6.07 Å². The minimum Gasteiger partial charge on any atom is -0.488 e. The summed E-state index contributed by atoms with van der Waals surface area (Å²) in [4.78, 5) is -3.17. The molecule has 0 spiro atoms. The molecular formula is C24H20ClF5O3. The quantitative estimate of drug-likeness (QED) is 0.233. The average molecular weight is 487 g/mol. The van der Waals surface area contributed by atoms with Gasteiger partial charge in [-0.3, -0.25) is 0 Å². The van der Waals surface area contributed by atoms with Crippen LogP contribution in [0.25, 0.3) is 0 Å². The van der Waals surface area contributed by atoms with Crippen molar-refractivity contribution in [3.63, 3.8) is 0 Å². The molecule has 0 N–H and O–H groups in total. The van der Waals surface area contributed by atoms with Gasteiger partial charge >= 0.3 is 6.18 Å². The van der Waals surface area contributed by atoms with Crippen molar-refractivity contribution in [2.45, 2.75) is 24.6 Å². The highest BCUT2D eigenvalue weighted by Crippen LogP contribution is 2.46. The van der Waals surface area contributed by atoms with Crippen LogP contribution in [-0.4, -0.2) is 19.4 Å². The van der Waals surface area contributed by atoms with Crippen molar-refractivity contribution in [2.24, 2.45) is 0 Å². The predicted molar refractivity (Wildman–Crippen MR) is 114 cm³/mol. The number of para-hydroxylation sites is 1. The van der Waals surface area contributed by atoms with E-state index in [9.17, 15) is 22.0 Å². The van der Waals surface area contributed by atoms with E-state index in [-0.39, 0.29) is 13.2 Å². The smallest absolute Gasteiger partial charge is 0.413 e. The van der Waals surface area contributed by atoms with Gasteiger partial charge in [0, 0.05) is 0 Å². The lowest BCUT2D eigenvalue weighted by molar-refractivity contribution is -0.179. The number of halogens is 6. The molecule has 0 saturated heterocycles. The molecule has 0 aliphatic rings. The molecule has 0 saturated carbocycles. The second kappa shape index (κ2) is 10.4. The molecule has 0 bridgehead atoms. The van der Waals surface area contributed by atoms with Gasteiger partial charge in [-0.2, -0.15) is 13.2 Å². The summed E-state index contributed by atoms with van der Waals surface area (Å²) < 4.78 is 85.6. The van der Waals surface area contributed by atoms with Gasteiger partial charge in [0.2, 0.25) is 0 Å². The highest BCUT2D eigenvalue weighted by Gasteiger charge is 2.55. The third kappa shape index (κ3) is 5.94. The van der Waals surface area contributed by atoms with E-state index in [4.69, 9.17) is 25.8 Å². The molecule has 1 unspecified atom stereocenters. The number of ether oxygens (including phenoxy) is 3. The Labute approximate surface area is 192 Å². The lowest BCUT2D eigenvalue weighted by Gasteiger charge is -2.30. The molecule has 3 rings (SSSR count). The van der Waals surface area contributed by atoms with Crippen molar-refractivity contribution in [1.82, 2.24) is 0 Å². The SMILES string of the molecule is CCOc1c(F)cc(C(Cl)(COCc2cccc(Oc3ccccc3)c2)C(F)(F)F)cc1F. The zero-order valence-corrected chi connectivity index (χ0v) is 18.2. The van der Waals surface area contributed by atoms with E-state index in [1.54, 1.807) is 48.5 Å². The van der Waals surface area contributed by atoms with Gasteiger partial charge in [0.25, 0.3) is 0 Å². The largest absolute Gasteiger partial charge is 0.488 e. The van der Waals surface area contributed by atoms with Gasteiger partial charge < -0.3 is 14.2 Å². The van der Waals surface area contributed by atoms with Gasteiger partial charge in [-0.15, -0.1) is 11.6 Å². The Morgan fingerprint density at radius 3 is 2.09 bits per heavy atom. The van der Waals surface area contributed by atoms with Gasteiger partial charge in [-0.05, 0) is 54.4 Å². The summed E-state index contributed by atoms with van der Waals surface area (Å²) in [6.45, 7) is 0.115. The summed E-state index contributed by atoms with van der Waals surface area (Å²) in [6.07, 6.45) is -5.06. The van der Waals surface area contributed by atoms with Crippen LogP contribution >= 0.6 is 11.6 Å². The third-order valence-corrected chi connectivity index (χ3v) is 5.18. The predicted octanol–water partition coefficient (Wildman–Crippen LogP) is 7.37. The number of alkyl halides is 4. The number of benzene rings is 3. The topological polar surface area (TPSA) is 27.7 Å². The first-order valence-electron chi connectivity index (χ1n) is 9.91. The Morgan fingerprint density at radius 1 is 0.848 bits per heavy atom. The first kappa shape index (κ1) is 24.8. The molecule has 0 fully saturated rings. The normalized spacial score (nSPS) is 13.4. The molecule has 0 amide bonds. The van der Waals surface area contributed by atoms with E-state index in [0.29, 0.717) is 29.2 Å². The van der Waals surface area contributed by atoms with Crippen LogP contribution in [0.1, 0.15) is 18.1 Å². The first-order chi connectivity index (χ1) is 15.6. The summed E-state index contributed by atoms with van der Waals surface area (Å²) in [7, 11) is 0. The van der Waals surface area contributed by atoms with Crippen LogP contribution in [-0.2, 0) is 16.2 Å². The van der Waals surface area contributed by atoms with Crippen molar-refractivity contribution in [3.8, 4) is 17.2 Å². The molecule has 0 aliphatic carbocycles. The Morgan fingerprint density at radius 2 is 1.48 bits per heavy atom. The maximum Gasteiger partial charge on any atom is 0.413 e. The van der Waals surface area contributed by atoms with Gasteiger partial charge in [0.15, 0.2) is 22.3 Å². The third-order valence-electron chi connectivity index (χ3n) is 4.64. The van der Waals surface area contributed by atoms with E-state index in [2.05, 4.69) is 0 Å². The summed E-state index contributed by atoms with van der Waals surface area (Å²) in [5.74, 6) is -2.28. The maximum absolute atomic E-state index is 14.2. The summed E-state index contributed by atoms with van der Waals surface area (Å²) in [5, 5.41) is 0. The van der Waals surface area contributed by atoms with Crippen molar-refractivity contribution in [3.05, 3.63) is 89.5 Å². The second-order valence-electron chi connectivity index (χ2n) is 7.06. The van der Waals surface area contributed by atoms with E-state index in [0.717, 1.165) is 0 Å². The standard InChI is InChI=1S/C24H20ClF5O3/c1-2-32-22-20(26)12-17(13-21(22)27)23(25,24(28,29)30)15-31-14-16-7-6-10-19(11-16)33-18-8-4-3-5-9-18/h3-13H,2,14-15H2,1H3. The van der Waals surface area contributed by atoms with Crippen LogP contribution in [0.15, 0.2) is 66.7 Å². The minimum atomic E-state index is -5.06. The molecule has 0 heterocycles. The molecule has 0 aromatic heterocycles. The van der Waals surface area contributed by atoms with Crippen LogP contribution in [0.2, 0.25) is 0 Å². The second-order valence-corrected chi connectivity index (χ2v) is 7.70. The molecule has 9 heteroatoms. The molecule has 1 atom stereocenters. The summed E-state index contributed by atoms with van der Waals surface area (Å²) >= 11 is 5.87. The lowest BCUT2D eigenvalue weighted by Crippen LogP contribution is -2.41. The Bertz CT molecular complexity index is 1050. The fourth-order valence-corrected chi connectivity index (χ4v) is 3.22. The number of rotatable bonds is 9. The Balaban J connectivity index is 1.75. The first-order valence-corrected chi connectivity index (χ1v) is 10.3. The van der Waals surface area contributed by atoms with E-state index in [1.165, 1.54) is 6.92 Å². The summed E-state index contributed by atoms with van der Waals surface area (Å²) in [6, 6.07) is 16.5. The average Bonchev–Trinajstić information content (AvgIpc) is 2.76. The Kier molecular flexibility index (Phi) is 7.81. The highest BCUT2D eigenvalue weighted by atomic mass is 35.5. The van der Waals surface area contributed by atoms with Gasteiger partial charge in [0.1, 0.15) is 11.5 Å². The number of hydrogen-bond donors (Lipinski definition) is 0. The van der Waals surface area contributed by atoms with Crippen LogP contribution in [0.4, 0.5) is 22.0 Å². The molecule has 33 heavy (non-hydrogen) atoms. The Hall–Kier alpha value is -2.84. The van der Waals surface area contributed by atoms with Crippen LogP contribution < -0.4 is 9.47 Å². The van der Waals surface area contributed by atoms with Crippen molar-refractivity contribution < 1.29 is 36.2 Å². The van der Waals surface area contributed by atoms with Crippen molar-refractivity contribution >= 4 is 11.6 Å². The molecule has 3 nitrogen and oxygen atoms in total. The molecular weight excluding hydrogens is 467 g/mol. The zero-order chi connectivity index (χ0) is 24.1. The molecule has 176 valence electrons. The zero-order valence-electron chi connectivity index (χ0n) is 17.5. The van der Waals surface area contributed by atoms with Crippen molar-refractivity contribution in [1.29, 1.82) is 0 Å².